The first-order chi connectivity index (χ1) is 14.2. The van der Waals surface area contributed by atoms with Gasteiger partial charge in [-0.3, -0.25) is 9.89 Å². The molecule has 0 bridgehead atoms. The zero-order valence-electron chi connectivity index (χ0n) is 15.4. The van der Waals surface area contributed by atoms with Gasteiger partial charge in [-0.15, -0.1) is 11.3 Å². The van der Waals surface area contributed by atoms with E-state index in [-0.39, 0.29) is 5.91 Å². The van der Waals surface area contributed by atoms with Crippen LogP contribution in [0, 0.1) is 6.92 Å². The molecular weight excluding hydrogens is 384 g/mol. The zero-order valence-corrected chi connectivity index (χ0v) is 16.2. The summed E-state index contributed by atoms with van der Waals surface area (Å²) in [5, 5.41) is 15.1. The number of H-pyrrole nitrogens is 1. The summed E-state index contributed by atoms with van der Waals surface area (Å²) in [5.41, 5.74) is 3.74. The van der Waals surface area contributed by atoms with Crippen molar-refractivity contribution in [3.8, 4) is 0 Å². The smallest absolute Gasteiger partial charge is 0.259 e. The first kappa shape index (κ1) is 17.3. The molecule has 0 radical (unpaired) electrons. The molecule has 0 saturated heterocycles. The van der Waals surface area contributed by atoms with E-state index < -0.39 is 0 Å². The molecule has 0 fully saturated rings. The summed E-state index contributed by atoms with van der Waals surface area (Å²) in [6, 6.07) is 15.0. The molecular formula is C21H16N6OS. The number of nitrogens with one attached hydrogen (secondary N) is 3. The third-order valence-corrected chi connectivity index (χ3v) is 5.46. The van der Waals surface area contributed by atoms with Gasteiger partial charge in [0.1, 0.15) is 5.82 Å². The Hall–Kier alpha value is -3.78. The molecule has 142 valence electrons. The number of anilines is 3. The number of rotatable bonds is 4. The highest BCUT2D eigenvalue weighted by Gasteiger charge is 2.14. The molecule has 5 rings (SSSR count). The topological polar surface area (TPSA) is 95.6 Å². The minimum atomic E-state index is -0.241. The van der Waals surface area contributed by atoms with E-state index in [9.17, 15) is 4.79 Å². The van der Waals surface area contributed by atoms with Gasteiger partial charge in [0.05, 0.1) is 32.5 Å². The lowest BCUT2D eigenvalue weighted by Gasteiger charge is -2.11. The second-order valence-electron chi connectivity index (χ2n) is 6.57. The molecule has 0 aliphatic carbocycles. The van der Waals surface area contributed by atoms with Crippen molar-refractivity contribution in [2.24, 2.45) is 0 Å². The highest BCUT2D eigenvalue weighted by Crippen LogP contribution is 2.26. The first-order valence-electron chi connectivity index (χ1n) is 8.99. The third-order valence-electron chi connectivity index (χ3n) is 4.51. The number of carbonyl (C=O) groups excluding carboxylic acids is 1. The van der Waals surface area contributed by atoms with Crippen molar-refractivity contribution < 1.29 is 4.79 Å². The van der Waals surface area contributed by atoms with Crippen LogP contribution >= 0.6 is 11.3 Å². The highest BCUT2D eigenvalue weighted by atomic mass is 32.1. The summed E-state index contributed by atoms with van der Waals surface area (Å²) in [5.74, 6) is 0.240. The van der Waals surface area contributed by atoms with Crippen LogP contribution in [0.1, 0.15) is 15.4 Å². The normalized spacial score (nSPS) is 11.1. The summed E-state index contributed by atoms with van der Waals surface area (Å²) >= 11 is 1.63. The van der Waals surface area contributed by atoms with Gasteiger partial charge in [-0.05, 0) is 55.5 Å². The van der Waals surface area contributed by atoms with Crippen molar-refractivity contribution in [2.75, 3.05) is 10.6 Å². The fourth-order valence-corrected chi connectivity index (χ4v) is 3.97. The second-order valence-corrected chi connectivity index (χ2v) is 7.80. The standard InChI is InChI=1S/C21H16N6OS/c1-12-24-18-10-15(6-7-19(18)29-12)26-21(28)16-3-2-8-22-20(16)25-14-5-4-13-11-23-27-17(13)9-14/h2-11H,1H3,(H,22,25)(H,23,27)(H,26,28). The van der Waals surface area contributed by atoms with Crippen LogP contribution in [0.5, 0.6) is 0 Å². The molecule has 0 aliphatic rings. The van der Waals surface area contributed by atoms with Gasteiger partial charge in [0.25, 0.3) is 5.91 Å². The van der Waals surface area contributed by atoms with Crippen molar-refractivity contribution >= 4 is 55.6 Å². The Kier molecular flexibility index (Phi) is 4.18. The van der Waals surface area contributed by atoms with Crippen molar-refractivity contribution in [3.63, 3.8) is 0 Å². The number of aromatic nitrogens is 4. The zero-order chi connectivity index (χ0) is 19.8. The van der Waals surface area contributed by atoms with Gasteiger partial charge < -0.3 is 10.6 Å². The molecule has 7 nitrogen and oxygen atoms in total. The van der Waals surface area contributed by atoms with E-state index in [1.807, 2.05) is 43.3 Å². The van der Waals surface area contributed by atoms with Crippen molar-refractivity contribution in [1.82, 2.24) is 20.2 Å². The number of fused-ring (bicyclic) bond motifs is 2. The maximum absolute atomic E-state index is 12.9. The molecule has 2 aromatic carbocycles. The minimum absolute atomic E-state index is 0.241. The molecule has 1 amide bonds. The maximum atomic E-state index is 12.9. The summed E-state index contributed by atoms with van der Waals surface area (Å²) in [6.07, 6.45) is 3.41. The molecule has 0 unspecified atom stereocenters. The third kappa shape index (κ3) is 3.41. The number of aryl methyl sites for hydroxylation is 1. The number of pyridine rings is 1. The van der Waals surface area contributed by atoms with E-state index in [0.717, 1.165) is 31.8 Å². The Morgan fingerprint density at radius 1 is 1.10 bits per heavy atom. The predicted octanol–water partition coefficient (Wildman–Crippen LogP) is 4.87. The van der Waals surface area contributed by atoms with Gasteiger partial charge in [-0.2, -0.15) is 5.10 Å². The lowest BCUT2D eigenvalue weighted by atomic mass is 10.2. The van der Waals surface area contributed by atoms with Gasteiger partial charge >= 0.3 is 0 Å². The Labute approximate surface area is 169 Å². The van der Waals surface area contributed by atoms with Crippen LogP contribution in [0.25, 0.3) is 21.1 Å². The Morgan fingerprint density at radius 3 is 2.93 bits per heavy atom. The average Bonchev–Trinajstić information content (AvgIpc) is 3.33. The molecule has 3 heterocycles. The number of carbonyl (C=O) groups is 1. The molecule has 0 saturated carbocycles. The van der Waals surface area contributed by atoms with E-state index in [1.165, 1.54) is 0 Å². The number of benzene rings is 2. The fourth-order valence-electron chi connectivity index (χ4n) is 3.16. The Balaban J connectivity index is 1.41. The van der Waals surface area contributed by atoms with E-state index in [4.69, 9.17) is 0 Å². The molecule has 0 spiro atoms. The molecule has 8 heteroatoms. The van der Waals surface area contributed by atoms with Crippen LogP contribution in [0.15, 0.2) is 60.9 Å². The van der Waals surface area contributed by atoms with Crippen LogP contribution < -0.4 is 10.6 Å². The number of hydrogen-bond acceptors (Lipinski definition) is 6. The summed E-state index contributed by atoms with van der Waals surface area (Å²) in [7, 11) is 0. The average molecular weight is 400 g/mol. The van der Waals surface area contributed by atoms with Crippen molar-refractivity contribution in [3.05, 3.63) is 71.5 Å². The number of nitrogens with zero attached hydrogens (tertiary/aromatic N) is 3. The molecule has 29 heavy (non-hydrogen) atoms. The van der Waals surface area contributed by atoms with Crippen molar-refractivity contribution in [1.29, 1.82) is 0 Å². The Morgan fingerprint density at radius 2 is 2.00 bits per heavy atom. The summed E-state index contributed by atoms with van der Waals surface area (Å²) in [4.78, 5) is 21.7. The molecule has 0 aliphatic heterocycles. The van der Waals surface area contributed by atoms with E-state index >= 15 is 0 Å². The summed E-state index contributed by atoms with van der Waals surface area (Å²) in [6.45, 7) is 1.97. The first-order valence-corrected chi connectivity index (χ1v) is 9.81. The van der Waals surface area contributed by atoms with Crippen LogP contribution in [-0.4, -0.2) is 26.1 Å². The van der Waals surface area contributed by atoms with Crippen LogP contribution in [0.4, 0.5) is 17.2 Å². The fraction of sp³-hybridized carbons (Fsp3) is 0.0476. The number of amides is 1. The number of thiazole rings is 1. The molecule has 0 atom stereocenters. The summed E-state index contributed by atoms with van der Waals surface area (Å²) < 4.78 is 1.10. The van der Waals surface area contributed by atoms with Crippen molar-refractivity contribution in [2.45, 2.75) is 6.92 Å². The Bertz CT molecular complexity index is 1360. The highest BCUT2D eigenvalue weighted by molar-refractivity contribution is 7.18. The lowest BCUT2D eigenvalue weighted by Crippen LogP contribution is -2.14. The predicted molar refractivity (Wildman–Crippen MR) is 116 cm³/mol. The SMILES string of the molecule is Cc1nc2cc(NC(=O)c3cccnc3Nc3ccc4cn[nH]c4c3)ccc2s1. The van der Waals surface area contributed by atoms with Gasteiger partial charge in [0.15, 0.2) is 0 Å². The molecule has 3 aromatic heterocycles. The van der Waals surface area contributed by atoms with Gasteiger partial charge in [-0.1, -0.05) is 0 Å². The quantitative estimate of drug-likeness (QED) is 0.400. The monoisotopic (exact) mass is 400 g/mol. The van der Waals surface area contributed by atoms with Crippen LogP contribution in [0.2, 0.25) is 0 Å². The van der Waals surface area contributed by atoms with E-state index in [0.29, 0.717) is 17.1 Å². The van der Waals surface area contributed by atoms with Crippen LogP contribution in [0.3, 0.4) is 0 Å². The van der Waals surface area contributed by atoms with E-state index in [1.54, 1.807) is 35.9 Å². The molecule has 3 N–H and O–H groups in total. The van der Waals surface area contributed by atoms with Gasteiger partial charge in [0, 0.05) is 23.0 Å². The van der Waals surface area contributed by atoms with Crippen LogP contribution in [-0.2, 0) is 0 Å². The van der Waals surface area contributed by atoms with E-state index in [2.05, 4.69) is 30.8 Å². The van der Waals surface area contributed by atoms with Gasteiger partial charge in [-0.25, -0.2) is 9.97 Å². The second kappa shape index (κ2) is 6.99. The maximum Gasteiger partial charge on any atom is 0.259 e. The number of hydrogen-bond donors (Lipinski definition) is 3. The largest absolute Gasteiger partial charge is 0.340 e. The molecule has 5 aromatic rings. The minimum Gasteiger partial charge on any atom is -0.340 e. The number of aromatic amines is 1. The lowest BCUT2D eigenvalue weighted by molar-refractivity contribution is 0.102. The van der Waals surface area contributed by atoms with Gasteiger partial charge in [0.2, 0.25) is 0 Å².